The normalized spacial score (nSPS) is 23.4. The van der Waals surface area contributed by atoms with Crippen LogP contribution in [0.3, 0.4) is 0 Å². The summed E-state index contributed by atoms with van der Waals surface area (Å²) >= 11 is 0. The van der Waals surface area contributed by atoms with E-state index in [1.165, 1.54) is 31.1 Å². The zero-order chi connectivity index (χ0) is 13.1. The van der Waals surface area contributed by atoms with E-state index in [2.05, 4.69) is 34.6 Å². The highest BCUT2D eigenvalue weighted by atomic mass is 15.0. The van der Waals surface area contributed by atoms with Gasteiger partial charge in [0.05, 0.1) is 5.52 Å². The lowest BCUT2D eigenvalue weighted by atomic mass is 9.86. The van der Waals surface area contributed by atoms with Gasteiger partial charge in [-0.25, -0.2) is 4.98 Å². The first-order valence-corrected chi connectivity index (χ1v) is 7.17. The lowest BCUT2D eigenvalue weighted by Gasteiger charge is -2.28. The van der Waals surface area contributed by atoms with Crippen LogP contribution < -0.4 is 11.1 Å². The summed E-state index contributed by atoms with van der Waals surface area (Å²) in [5.74, 6) is 1.72. The zero-order valence-corrected chi connectivity index (χ0v) is 11.2. The molecule has 0 bridgehead atoms. The fourth-order valence-corrected chi connectivity index (χ4v) is 2.90. The second-order valence-corrected chi connectivity index (χ2v) is 5.49. The molecular weight excluding hydrogens is 234 g/mol. The standard InChI is InChI=1S/C16H21N3/c17-11-12-5-8-14(9-6-12)18-16-10-7-13-3-1-2-4-15(13)19-16/h1-4,7,10,12,14H,5-6,8-9,11,17H2,(H,18,19). The number of hydrogen-bond acceptors (Lipinski definition) is 3. The molecule has 1 fully saturated rings. The van der Waals surface area contributed by atoms with Gasteiger partial charge >= 0.3 is 0 Å². The van der Waals surface area contributed by atoms with Gasteiger partial charge < -0.3 is 11.1 Å². The summed E-state index contributed by atoms with van der Waals surface area (Å²) in [6, 6.07) is 13.0. The molecule has 0 radical (unpaired) electrons. The minimum atomic E-state index is 0.552. The van der Waals surface area contributed by atoms with Crippen molar-refractivity contribution in [1.29, 1.82) is 0 Å². The number of para-hydroxylation sites is 1. The largest absolute Gasteiger partial charge is 0.367 e. The van der Waals surface area contributed by atoms with Gasteiger partial charge in [-0.15, -0.1) is 0 Å². The number of pyridine rings is 1. The van der Waals surface area contributed by atoms with Gasteiger partial charge in [0, 0.05) is 11.4 Å². The van der Waals surface area contributed by atoms with Crippen molar-refractivity contribution in [3.8, 4) is 0 Å². The molecule has 19 heavy (non-hydrogen) atoms. The van der Waals surface area contributed by atoms with Gasteiger partial charge in [-0.3, -0.25) is 0 Å². The minimum Gasteiger partial charge on any atom is -0.367 e. The maximum Gasteiger partial charge on any atom is 0.126 e. The SMILES string of the molecule is NCC1CCC(Nc2ccc3ccccc3n2)CC1. The van der Waals surface area contributed by atoms with E-state index >= 15 is 0 Å². The summed E-state index contributed by atoms with van der Waals surface area (Å²) in [6.07, 6.45) is 4.89. The monoisotopic (exact) mass is 255 g/mol. The van der Waals surface area contributed by atoms with Crippen LogP contribution in [0.5, 0.6) is 0 Å². The number of nitrogens with one attached hydrogen (secondary N) is 1. The van der Waals surface area contributed by atoms with E-state index in [9.17, 15) is 0 Å². The third-order valence-corrected chi connectivity index (χ3v) is 4.13. The van der Waals surface area contributed by atoms with Crippen LogP contribution >= 0.6 is 0 Å². The van der Waals surface area contributed by atoms with Crippen molar-refractivity contribution >= 4 is 16.7 Å². The van der Waals surface area contributed by atoms with Crippen molar-refractivity contribution in [2.24, 2.45) is 11.7 Å². The van der Waals surface area contributed by atoms with Crippen LogP contribution in [0.1, 0.15) is 25.7 Å². The molecule has 0 spiro atoms. The molecule has 2 aromatic rings. The number of nitrogens with zero attached hydrogens (tertiary/aromatic N) is 1. The molecule has 1 aromatic carbocycles. The number of anilines is 1. The number of benzene rings is 1. The average molecular weight is 255 g/mol. The molecule has 1 aromatic heterocycles. The molecule has 100 valence electrons. The van der Waals surface area contributed by atoms with Gasteiger partial charge in [-0.05, 0) is 56.3 Å². The molecule has 1 aliphatic rings. The lowest BCUT2D eigenvalue weighted by molar-refractivity contribution is 0.344. The summed E-state index contributed by atoms with van der Waals surface area (Å²) in [5.41, 5.74) is 6.79. The van der Waals surface area contributed by atoms with E-state index in [-0.39, 0.29) is 0 Å². The van der Waals surface area contributed by atoms with Crippen LogP contribution in [0.4, 0.5) is 5.82 Å². The van der Waals surface area contributed by atoms with Crippen LogP contribution in [0.25, 0.3) is 10.9 Å². The maximum atomic E-state index is 5.73. The van der Waals surface area contributed by atoms with Gasteiger partial charge in [0.25, 0.3) is 0 Å². The molecular formula is C16H21N3. The predicted octanol–water partition coefficient (Wildman–Crippen LogP) is 3.16. The molecule has 1 heterocycles. The van der Waals surface area contributed by atoms with Crippen molar-refractivity contribution in [3.63, 3.8) is 0 Å². The lowest BCUT2D eigenvalue weighted by Crippen LogP contribution is -2.29. The van der Waals surface area contributed by atoms with E-state index < -0.39 is 0 Å². The summed E-state index contributed by atoms with van der Waals surface area (Å²) in [6.45, 7) is 0.834. The Bertz CT molecular complexity index is 544. The molecule has 3 nitrogen and oxygen atoms in total. The Balaban J connectivity index is 1.68. The Morgan fingerprint density at radius 3 is 2.63 bits per heavy atom. The average Bonchev–Trinajstić information content (AvgIpc) is 2.48. The number of fused-ring (bicyclic) bond motifs is 1. The van der Waals surface area contributed by atoms with Crippen molar-refractivity contribution < 1.29 is 0 Å². The Kier molecular flexibility index (Phi) is 3.65. The highest BCUT2D eigenvalue weighted by Crippen LogP contribution is 2.26. The second-order valence-electron chi connectivity index (χ2n) is 5.49. The van der Waals surface area contributed by atoms with Gasteiger partial charge in [-0.1, -0.05) is 18.2 Å². The molecule has 0 amide bonds. The molecule has 0 unspecified atom stereocenters. The summed E-state index contributed by atoms with van der Waals surface area (Å²) in [7, 11) is 0. The quantitative estimate of drug-likeness (QED) is 0.885. The third kappa shape index (κ3) is 2.87. The highest BCUT2D eigenvalue weighted by molar-refractivity contribution is 5.80. The first kappa shape index (κ1) is 12.4. The van der Waals surface area contributed by atoms with E-state index in [0.29, 0.717) is 6.04 Å². The molecule has 3 N–H and O–H groups in total. The van der Waals surface area contributed by atoms with Crippen LogP contribution in [-0.2, 0) is 0 Å². The van der Waals surface area contributed by atoms with Crippen LogP contribution in [0.2, 0.25) is 0 Å². The van der Waals surface area contributed by atoms with Crippen molar-refractivity contribution in [1.82, 2.24) is 4.98 Å². The molecule has 0 atom stereocenters. The van der Waals surface area contributed by atoms with Crippen LogP contribution in [0, 0.1) is 5.92 Å². The zero-order valence-electron chi connectivity index (χ0n) is 11.2. The number of rotatable bonds is 3. The molecule has 1 saturated carbocycles. The Morgan fingerprint density at radius 1 is 1.05 bits per heavy atom. The van der Waals surface area contributed by atoms with E-state index in [0.717, 1.165) is 23.8 Å². The number of aromatic nitrogens is 1. The molecule has 1 aliphatic carbocycles. The second kappa shape index (κ2) is 5.57. The Hall–Kier alpha value is -1.61. The first-order valence-electron chi connectivity index (χ1n) is 7.17. The summed E-state index contributed by atoms with van der Waals surface area (Å²) in [4.78, 5) is 4.67. The van der Waals surface area contributed by atoms with Crippen molar-refractivity contribution in [3.05, 3.63) is 36.4 Å². The molecule has 0 aliphatic heterocycles. The van der Waals surface area contributed by atoms with E-state index in [4.69, 9.17) is 5.73 Å². The Morgan fingerprint density at radius 2 is 1.84 bits per heavy atom. The minimum absolute atomic E-state index is 0.552. The van der Waals surface area contributed by atoms with Gasteiger partial charge in [0.15, 0.2) is 0 Å². The van der Waals surface area contributed by atoms with E-state index in [1.54, 1.807) is 0 Å². The summed E-state index contributed by atoms with van der Waals surface area (Å²) < 4.78 is 0. The first-order chi connectivity index (χ1) is 9.35. The predicted molar refractivity (Wildman–Crippen MR) is 80.2 cm³/mol. The highest BCUT2D eigenvalue weighted by Gasteiger charge is 2.20. The fraction of sp³-hybridized carbons (Fsp3) is 0.438. The number of hydrogen-bond donors (Lipinski definition) is 2. The topological polar surface area (TPSA) is 50.9 Å². The molecule has 3 heteroatoms. The number of nitrogens with two attached hydrogens (primary N) is 1. The van der Waals surface area contributed by atoms with E-state index in [1.807, 2.05) is 12.1 Å². The molecule has 3 rings (SSSR count). The summed E-state index contributed by atoms with van der Waals surface area (Å²) in [5, 5.41) is 4.76. The van der Waals surface area contributed by atoms with Crippen LogP contribution in [-0.4, -0.2) is 17.6 Å². The van der Waals surface area contributed by atoms with Crippen molar-refractivity contribution in [2.45, 2.75) is 31.7 Å². The van der Waals surface area contributed by atoms with Gasteiger partial charge in [0.1, 0.15) is 5.82 Å². The molecule has 0 saturated heterocycles. The smallest absolute Gasteiger partial charge is 0.126 e. The van der Waals surface area contributed by atoms with Gasteiger partial charge in [0.2, 0.25) is 0 Å². The maximum absolute atomic E-state index is 5.73. The van der Waals surface area contributed by atoms with Crippen LogP contribution in [0.15, 0.2) is 36.4 Å². The van der Waals surface area contributed by atoms with Crippen molar-refractivity contribution in [2.75, 3.05) is 11.9 Å². The van der Waals surface area contributed by atoms with Gasteiger partial charge in [-0.2, -0.15) is 0 Å². The third-order valence-electron chi connectivity index (χ3n) is 4.13. The fourth-order valence-electron chi connectivity index (χ4n) is 2.90. The Labute approximate surface area is 114 Å².